The SMILES string of the molecule is CCc1ccc(N=c2oc3c(OC)cccc3cc2C(=O)Nc2ccsc2C(=O)OC)cc1. The Morgan fingerprint density at radius 1 is 1.09 bits per heavy atom. The third kappa shape index (κ3) is 4.65. The van der Waals surface area contributed by atoms with Gasteiger partial charge in [0.1, 0.15) is 10.4 Å². The molecule has 0 aliphatic rings. The summed E-state index contributed by atoms with van der Waals surface area (Å²) in [5.41, 5.74) is 3.01. The topological polar surface area (TPSA) is 90.1 Å². The van der Waals surface area contributed by atoms with Crippen molar-refractivity contribution < 1.29 is 23.5 Å². The first-order chi connectivity index (χ1) is 16.0. The summed E-state index contributed by atoms with van der Waals surface area (Å²) in [4.78, 5) is 30.2. The number of nitrogens with one attached hydrogen (secondary N) is 1. The minimum atomic E-state index is -0.519. The minimum Gasteiger partial charge on any atom is -0.493 e. The first kappa shape index (κ1) is 22.3. The number of carbonyl (C=O) groups excluding carboxylic acids is 2. The first-order valence-corrected chi connectivity index (χ1v) is 11.1. The second kappa shape index (κ2) is 9.70. The number of para-hydroxylation sites is 1. The van der Waals surface area contributed by atoms with E-state index in [1.165, 1.54) is 24.0 Å². The zero-order valence-corrected chi connectivity index (χ0v) is 19.2. The maximum atomic E-state index is 13.3. The summed E-state index contributed by atoms with van der Waals surface area (Å²) in [6, 6.07) is 16.5. The van der Waals surface area contributed by atoms with E-state index in [0.717, 1.165) is 6.42 Å². The van der Waals surface area contributed by atoms with Crippen LogP contribution in [0.5, 0.6) is 5.75 Å². The highest BCUT2D eigenvalue weighted by Gasteiger charge is 2.19. The summed E-state index contributed by atoms with van der Waals surface area (Å²) in [6.07, 6.45) is 0.911. The molecule has 0 radical (unpaired) electrons. The lowest BCUT2D eigenvalue weighted by atomic mass is 10.1. The van der Waals surface area contributed by atoms with Crippen molar-refractivity contribution in [1.82, 2.24) is 0 Å². The van der Waals surface area contributed by atoms with E-state index in [1.54, 1.807) is 30.7 Å². The Hall–Kier alpha value is -3.91. The molecule has 2 heterocycles. The van der Waals surface area contributed by atoms with Gasteiger partial charge < -0.3 is 19.2 Å². The Morgan fingerprint density at radius 2 is 1.88 bits per heavy atom. The standard InChI is InChI=1S/C25H22N2O5S/c1-4-15-8-10-17(11-9-15)26-24-18(14-16-6-5-7-20(30-2)21(16)32-24)23(28)27-19-12-13-33-22(19)25(29)31-3/h5-14H,4H2,1-3H3,(H,27,28). The van der Waals surface area contributed by atoms with Gasteiger partial charge in [0.15, 0.2) is 11.3 Å². The van der Waals surface area contributed by atoms with Crippen LogP contribution in [0.2, 0.25) is 0 Å². The largest absolute Gasteiger partial charge is 0.493 e. The van der Waals surface area contributed by atoms with Gasteiger partial charge in [-0.25, -0.2) is 9.79 Å². The minimum absolute atomic E-state index is 0.128. The van der Waals surface area contributed by atoms with Gasteiger partial charge in [0.05, 0.1) is 25.6 Å². The number of amides is 1. The van der Waals surface area contributed by atoms with Crippen molar-refractivity contribution in [2.75, 3.05) is 19.5 Å². The molecule has 168 valence electrons. The molecule has 4 rings (SSSR count). The number of thiophene rings is 1. The maximum Gasteiger partial charge on any atom is 0.350 e. The second-order valence-corrected chi connectivity index (χ2v) is 8.00. The van der Waals surface area contributed by atoms with Gasteiger partial charge in [-0.15, -0.1) is 11.3 Å². The number of anilines is 1. The monoisotopic (exact) mass is 462 g/mol. The predicted molar refractivity (Wildman–Crippen MR) is 127 cm³/mol. The number of benzene rings is 2. The van der Waals surface area contributed by atoms with Crippen molar-refractivity contribution >= 4 is 45.6 Å². The fraction of sp³-hybridized carbons (Fsp3) is 0.160. The van der Waals surface area contributed by atoms with E-state index in [1.807, 2.05) is 36.4 Å². The quantitative estimate of drug-likeness (QED) is 0.391. The number of methoxy groups -OCH3 is 2. The van der Waals surface area contributed by atoms with Crippen molar-refractivity contribution in [2.45, 2.75) is 13.3 Å². The summed E-state index contributed by atoms with van der Waals surface area (Å²) >= 11 is 1.18. The number of carbonyl (C=O) groups is 2. The number of hydrogen-bond acceptors (Lipinski definition) is 7. The van der Waals surface area contributed by atoms with Crippen molar-refractivity contribution in [3.8, 4) is 5.75 Å². The van der Waals surface area contributed by atoms with Crippen LogP contribution in [0.25, 0.3) is 11.0 Å². The van der Waals surface area contributed by atoms with Crippen LogP contribution in [0.3, 0.4) is 0 Å². The van der Waals surface area contributed by atoms with Crippen molar-refractivity contribution in [1.29, 1.82) is 0 Å². The van der Waals surface area contributed by atoms with E-state index < -0.39 is 11.9 Å². The van der Waals surface area contributed by atoms with Gasteiger partial charge in [0.25, 0.3) is 5.91 Å². The Balaban J connectivity index is 1.84. The molecule has 1 amide bonds. The fourth-order valence-electron chi connectivity index (χ4n) is 3.30. The van der Waals surface area contributed by atoms with Crippen LogP contribution in [0.15, 0.2) is 69.4 Å². The maximum absolute atomic E-state index is 13.3. The molecule has 0 atom stereocenters. The van der Waals surface area contributed by atoms with Gasteiger partial charge in [-0.1, -0.05) is 31.2 Å². The number of nitrogens with zero attached hydrogens (tertiary/aromatic N) is 1. The molecule has 0 spiro atoms. The molecular formula is C25H22N2O5S. The molecule has 0 aliphatic carbocycles. The van der Waals surface area contributed by atoms with Crippen molar-refractivity contribution in [2.24, 2.45) is 4.99 Å². The van der Waals surface area contributed by atoms with Crippen molar-refractivity contribution in [3.05, 3.63) is 81.5 Å². The highest BCUT2D eigenvalue weighted by Crippen LogP contribution is 2.27. The average molecular weight is 463 g/mol. The molecule has 33 heavy (non-hydrogen) atoms. The van der Waals surface area contributed by atoms with Gasteiger partial charge >= 0.3 is 5.97 Å². The highest BCUT2D eigenvalue weighted by atomic mass is 32.1. The molecule has 8 heteroatoms. The Labute approximate surface area is 194 Å². The summed E-state index contributed by atoms with van der Waals surface area (Å²) in [6.45, 7) is 2.08. The number of ether oxygens (including phenoxy) is 2. The molecule has 7 nitrogen and oxygen atoms in total. The molecule has 2 aromatic carbocycles. The molecule has 0 aliphatic heterocycles. The number of hydrogen-bond donors (Lipinski definition) is 1. The molecule has 0 fully saturated rings. The van der Waals surface area contributed by atoms with E-state index in [-0.39, 0.29) is 11.1 Å². The van der Waals surface area contributed by atoms with Crippen LogP contribution < -0.4 is 15.6 Å². The second-order valence-electron chi connectivity index (χ2n) is 7.08. The van der Waals surface area contributed by atoms with Gasteiger partial charge in [-0.05, 0) is 47.7 Å². The van der Waals surface area contributed by atoms with Crippen LogP contribution in [0.4, 0.5) is 11.4 Å². The van der Waals surface area contributed by atoms with Crippen LogP contribution in [0, 0.1) is 0 Å². The Bertz CT molecular complexity index is 1390. The first-order valence-electron chi connectivity index (χ1n) is 10.3. The average Bonchev–Trinajstić information content (AvgIpc) is 3.31. The Morgan fingerprint density at radius 3 is 2.58 bits per heavy atom. The zero-order valence-electron chi connectivity index (χ0n) is 18.4. The summed E-state index contributed by atoms with van der Waals surface area (Å²) in [5.74, 6) is -0.451. The lowest BCUT2D eigenvalue weighted by Gasteiger charge is -2.09. The van der Waals surface area contributed by atoms with E-state index in [4.69, 9.17) is 13.9 Å². The molecule has 4 aromatic rings. The van der Waals surface area contributed by atoms with Crippen LogP contribution in [0.1, 0.15) is 32.5 Å². The van der Waals surface area contributed by atoms with E-state index in [9.17, 15) is 9.59 Å². The molecule has 2 aromatic heterocycles. The molecule has 1 N–H and O–H groups in total. The van der Waals surface area contributed by atoms with Crippen LogP contribution in [-0.2, 0) is 11.2 Å². The third-order valence-corrected chi connectivity index (χ3v) is 5.96. The van der Waals surface area contributed by atoms with Gasteiger partial charge in [-0.3, -0.25) is 4.79 Å². The van der Waals surface area contributed by atoms with Crippen LogP contribution >= 0.6 is 11.3 Å². The van der Waals surface area contributed by atoms with Crippen molar-refractivity contribution in [3.63, 3.8) is 0 Å². The summed E-state index contributed by atoms with van der Waals surface area (Å²) < 4.78 is 16.3. The fourth-order valence-corrected chi connectivity index (χ4v) is 4.07. The van der Waals surface area contributed by atoms with Crippen LogP contribution in [-0.4, -0.2) is 26.1 Å². The zero-order chi connectivity index (χ0) is 23.4. The normalized spacial score (nSPS) is 11.4. The van der Waals surface area contributed by atoms with Gasteiger partial charge in [0, 0.05) is 5.39 Å². The lowest BCUT2D eigenvalue weighted by Crippen LogP contribution is -2.22. The smallest absolute Gasteiger partial charge is 0.350 e. The van der Waals surface area contributed by atoms with E-state index >= 15 is 0 Å². The summed E-state index contributed by atoms with van der Waals surface area (Å²) in [5, 5.41) is 5.16. The molecule has 0 unspecified atom stereocenters. The van der Waals surface area contributed by atoms with Gasteiger partial charge in [-0.2, -0.15) is 0 Å². The molecule has 0 saturated heterocycles. The summed E-state index contributed by atoms with van der Waals surface area (Å²) in [7, 11) is 2.85. The predicted octanol–water partition coefficient (Wildman–Crippen LogP) is 5.34. The highest BCUT2D eigenvalue weighted by molar-refractivity contribution is 7.12. The van der Waals surface area contributed by atoms with E-state index in [2.05, 4.69) is 17.2 Å². The third-order valence-electron chi connectivity index (χ3n) is 5.06. The molecule has 0 bridgehead atoms. The molecular weight excluding hydrogens is 440 g/mol. The number of aryl methyl sites for hydroxylation is 1. The number of esters is 1. The lowest BCUT2D eigenvalue weighted by molar-refractivity contribution is 0.0607. The van der Waals surface area contributed by atoms with E-state index in [0.29, 0.717) is 33.0 Å². The number of fused-ring (bicyclic) bond motifs is 1. The number of rotatable bonds is 6. The molecule has 0 saturated carbocycles. The Kier molecular flexibility index (Phi) is 6.55. The van der Waals surface area contributed by atoms with Gasteiger partial charge in [0.2, 0.25) is 5.55 Å².